The van der Waals surface area contributed by atoms with E-state index in [-0.39, 0.29) is 32.1 Å². The summed E-state index contributed by atoms with van der Waals surface area (Å²) >= 11 is 0. The zero-order valence-corrected chi connectivity index (χ0v) is 75.9. The number of carbonyl (C=O) groups is 5. The van der Waals surface area contributed by atoms with Gasteiger partial charge in [0.15, 0.2) is 24.8 Å². The summed E-state index contributed by atoms with van der Waals surface area (Å²) in [5.41, 5.74) is 0. The van der Waals surface area contributed by atoms with Crippen molar-refractivity contribution in [2.75, 3.05) is 13.2 Å². The first-order valence-corrected chi connectivity index (χ1v) is 49.8. The standard InChI is InChI=1S/C93H177N2O21P/c1-8-11-14-17-20-23-26-27-29-38-45-52-59-66-83(102)111-78(65-58-51-44-37-31-33-40-47-54-61-74(6)7)70-82(101)95-86-90(114-84(103)68-76(98)63-56-49-42-34-25-22-19-16-13-10-3)88(105)79(71-96)112-92(86)110-72-80-89(106)91(115-85(104)69-77(99)64-57-50-43-35-28-24-21-18-15-12-9-2)87(93(113-80)116-117(107,108)109)94-81(100)67-75(97)62-55-48-41-36-30-32-39-46-53-60-73(4)5/h73-80,86-93,96-99,105-106H,8-72H2,1-7H3,(H,94,100)(H,95,101)(H2,107,108,109)/t75-,76-,77-,78-,79-,80-,86-,87-,88-,89-,90-,91-,92-,93-/m1/s1. The number of esters is 3. The molecule has 2 amide bonds. The molecule has 0 aromatic rings. The molecular weight excluding hydrogens is 1510 g/mol. The Hall–Kier alpha value is -2.90. The predicted molar refractivity (Wildman–Crippen MR) is 465 cm³/mol. The Kier molecular flexibility index (Phi) is 68.2. The number of phosphoric ester groups is 1. The van der Waals surface area contributed by atoms with Crippen LogP contribution in [0, 0.1) is 11.8 Å². The van der Waals surface area contributed by atoms with Crippen molar-refractivity contribution in [2.45, 2.75) is 539 Å². The van der Waals surface area contributed by atoms with E-state index >= 15 is 0 Å². The summed E-state index contributed by atoms with van der Waals surface area (Å²) in [5.74, 6) is -2.65. The largest absolute Gasteiger partial charge is 0.472 e. The van der Waals surface area contributed by atoms with E-state index < -0.39 is 156 Å². The minimum atomic E-state index is -5.60. The van der Waals surface area contributed by atoms with E-state index in [0.29, 0.717) is 50.4 Å². The fourth-order valence-corrected chi connectivity index (χ4v) is 16.7. The van der Waals surface area contributed by atoms with Crippen molar-refractivity contribution >= 4 is 37.5 Å². The molecule has 23 nitrogen and oxygen atoms in total. The van der Waals surface area contributed by atoms with Gasteiger partial charge >= 0.3 is 25.7 Å². The van der Waals surface area contributed by atoms with Gasteiger partial charge in [-0.3, -0.25) is 28.5 Å². The Morgan fingerprint density at radius 3 is 1.00 bits per heavy atom. The Morgan fingerprint density at radius 2 is 0.658 bits per heavy atom. The van der Waals surface area contributed by atoms with E-state index in [0.717, 1.165) is 148 Å². The Balaban J connectivity index is 2.55. The number of nitrogens with one attached hydrogen (secondary N) is 2. The van der Waals surface area contributed by atoms with Gasteiger partial charge < -0.3 is 79.5 Å². The monoisotopic (exact) mass is 1690 g/mol. The van der Waals surface area contributed by atoms with E-state index in [2.05, 4.69) is 59.1 Å². The summed E-state index contributed by atoms with van der Waals surface area (Å²) in [6.07, 6.45) is 38.5. The summed E-state index contributed by atoms with van der Waals surface area (Å²) in [4.78, 5) is 91.7. The summed E-state index contributed by atoms with van der Waals surface area (Å²) in [6.45, 7) is 13.8. The predicted octanol–water partition coefficient (Wildman–Crippen LogP) is 20.0. The normalized spacial score (nSPS) is 20.8. The number of carbonyl (C=O) groups excluding carboxylic acids is 5. The maximum absolute atomic E-state index is 14.8. The van der Waals surface area contributed by atoms with Gasteiger partial charge in [0.05, 0.1) is 57.2 Å². The van der Waals surface area contributed by atoms with Crippen molar-refractivity contribution in [1.82, 2.24) is 10.6 Å². The molecule has 24 heteroatoms. The molecule has 2 aliphatic heterocycles. The van der Waals surface area contributed by atoms with Crippen molar-refractivity contribution in [3.05, 3.63) is 0 Å². The first-order chi connectivity index (χ1) is 56.4. The summed E-state index contributed by atoms with van der Waals surface area (Å²) in [5, 5.41) is 74.3. The SMILES string of the molecule is CCCCCCCCCCCCCCCC(=O)O[C@H](CCCCCCCCCCCC(C)C)CC(=O)N[C@H]1[C@H](OC[C@H]2O[C@H](OP(=O)(O)O)[C@H](NC(=O)C[C@H](O)CCCCCCCCCCCC(C)C)[C@@H](OC(=O)C[C@H](O)CCCCCCCCCCCCC)[C@@H]2O)O[C@H](CO)[C@@H](O)[C@@H]1OC(=O)C[C@H](O)CCCCCCCCCCCC. The Morgan fingerprint density at radius 1 is 0.368 bits per heavy atom. The topological polar surface area (TPSA) is 353 Å². The Bertz CT molecular complexity index is 2440. The molecule has 0 saturated carbocycles. The molecule has 10 N–H and O–H groups in total. The number of hydrogen-bond donors (Lipinski definition) is 10. The third-order valence-electron chi connectivity index (χ3n) is 23.5. The van der Waals surface area contributed by atoms with Crippen LogP contribution >= 0.6 is 7.82 Å². The number of rotatable bonds is 80. The molecule has 2 fully saturated rings. The van der Waals surface area contributed by atoms with Crippen molar-refractivity contribution in [2.24, 2.45) is 11.8 Å². The van der Waals surface area contributed by atoms with Gasteiger partial charge in [0.25, 0.3) is 0 Å². The fraction of sp³-hybridized carbons (Fsp3) is 0.946. The lowest BCUT2D eigenvalue weighted by atomic mass is 9.95. The van der Waals surface area contributed by atoms with Gasteiger partial charge in [0, 0.05) is 6.42 Å². The van der Waals surface area contributed by atoms with Crippen LogP contribution in [0.25, 0.3) is 0 Å². The van der Waals surface area contributed by atoms with Crippen molar-refractivity contribution in [3.8, 4) is 0 Å². The summed E-state index contributed by atoms with van der Waals surface area (Å²) in [6, 6.07) is -3.51. The van der Waals surface area contributed by atoms with Crippen LogP contribution in [-0.2, 0) is 61.5 Å². The van der Waals surface area contributed by atoms with Gasteiger partial charge in [-0.25, -0.2) is 4.57 Å². The molecule has 0 aliphatic carbocycles. The van der Waals surface area contributed by atoms with Crippen LogP contribution in [0.3, 0.4) is 0 Å². The smallest absolute Gasteiger partial charge is 0.462 e. The molecule has 0 bridgehead atoms. The summed E-state index contributed by atoms with van der Waals surface area (Å²) in [7, 11) is -5.60. The minimum Gasteiger partial charge on any atom is -0.462 e. The van der Waals surface area contributed by atoms with Gasteiger partial charge in [-0.15, -0.1) is 0 Å². The third kappa shape index (κ3) is 59.6. The van der Waals surface area contributed by atoms with Gasteiger partial charge in [-0.1, -0.05) is 382 Å². The van der Waals surface area contributed by atoms with Crippen molar-refractivity contribution in [1.29, 1.82) is 0 Å². The lowest BCUT2D eigenvalue weighted by Gasteiger charge is -2.46. The van der Waals surface area contributed by atoms with Crippen LogP contribution in [-0.4, -0.2) is 169 Å². The number of hydrogen-bond acceptors (Lipinski definition) is 19. The van der Waals surface area contributed by atoms with E-state index in [1.54, 1.807) is 0 Å². The van der Waals surface area contributed by atoms with Gasteiger partial charge in [0.2, 0.25) is 11.8 Å². The van der Waals surface area contributed by atoms with Crippen LogP contribution in [0.15, 0.2) is 0 Å². The zero-order chi connectivity index (χ0) is 86.0. The highest BCUT2D eigenvalue weighted by atomic mass is 31.2. The van der Waals surface area contributed by atoms with Gasteiger partial charge in [0.1, 0.15) is 42.6 Å². The second kappa shape index (κ2) is 72.4. The molecule has 0 aromatic carbocycles. The highest BCUT2D eigenvalue weighted by Gasteiger charge is 2.53. The molecule has 2 saturated heterocycles. The molecule has 117 heavy (non-hydrogen) atoms. The zero-order valence-electron chi connectivity index (χ0n) is 75.0. The second-order valence-corrected chi connectivity index (χ2v) is 37.0. The molecule has 0 spiro atoms. The first-order valence-electron chi connectivity index (χ1n) is 48.3. The van der Waals surface area contributed by atoms with Crippen LogP contribution in [0.2, 0.25) is 0 Å². The van der Waals surface area contributed by atoms with Crippen molar-refractivity contribution in [3.63, 3.8) is 0 Å². The lowest BCUT2D eigenvalue weighted by Crippen LogP contribution is -2.67. The van der Waals surface area contributed by atoms with Crippen LogP contribution < -0.4 is 10.6 Å². The molecule has 2 heterocycles. The van der Waals surface area contributed by atoms with E-state index in [9.17, 15) is 69.0 Å². The maximum atomic E-state index is 14.8. The van der Waals surface area contributed by atoms with Gasteiger partial charge in [-0.05, 0) is 50.4 Å². The number of unbranched alkanes of at least 4 members (excludes halogenated alkanes) is 47. The average Bonchev–Trinajstić information content (AvgIpc) is 0.787. The average molecular weight is 1690 g/mol. The fourth-order valence-electron chi connectivity index (χ4n) is 16.2. The van der Waals surface area contributed by atoms with Crippen LogP contribution in [0.1, 0.15) is 453 Å². The van der Waals surface area contributed by atoms with E-state index in [4.69, 9.17) is 32.9 Å². The first kappa shape index (κ1) is 110. The molecule has 0 unspecified atom stereocenters. The quantitative estimate of drug-likeness (QED) is 0.0117. The molecule has 2 aliphatic rings. The molecule has 2 rings (SSSR count). The maximum Gasteiger partial charge on any atom is 0.472 e. The molecule has 0 aromatic heterocycles. The van der Waals surface area contributed by atoms with Crippen LogP contribution in [0.4, 0.5) is 0 Å². The molecular formula is C93H177N2O21P. The second-order valence-electron chi connectivity index (χ2n) is 35.8. The molecule has 0 radical (unpaired) electrons. The van der Waals surface area contributed by atoms with Crippen molar-refractivity contribution < 1.29 is 102 Å². The van der Waals surface area contributed by atoms with E-state index in [1.807, 2.05) is 0 Å². The number of ether oxygens (including phenoxy) is 6. The molecule has 690 valence electrons. The van der Waals surface area contributed by atoms with Crippen LogP contribution in [0.5, 0.6) is 0 Å². The summed E-state index contributed by atoms with van der Waals surface area (Å²) < 4.78 is 54.9. The highest BCUT2D eigenvalue weighted by Crippen LogP contribution is 2.42. The minimum absolute atomic E-state index is 0.156. The number of phosphoric acid groups is 1. The number of amides is 2. The highest BCUT2D eigenvalue weighted by molar-refractivity contribution is 7.46. The van der Waals surface area contributed by atoms with Gasteiger partial charge in [-0.2, -0.15) is 0 Å². The molecule has 14 atom stereocenters. The number of aliphatic hydroxyl groups is 6. The van der Waals surface area contributed by atoms with E-state index in [1.165, 1.54) is 167 Å². The Labute approximate surface area is 710 Å². The third-order valence-corrected chi connectivity index (χ3v) is 23.9. The lowest BCUT2D eigenvalue weighted by molar-refractivity contribution is -0.298. The number of aliphatic hydroxyl groups excluding tert-OH is 6.